The minimum absolute atomic E-state index is 0.492. The molecule has 0 amide bonds. The van der Waals surface area contributed by atoms with E-state index in [9.17, 15) is 0 Å². The maximum absolute atomic E-state index is 6.13. The molecule has 1 heterocycles. The Morgan fingerprint density at radius 2 is 1.70 bits per heavy atom. The highest BCUT2D eigenvalue weighted by Crippen LogP contribution is 2.37. The normalized spacial score (nSPS) is 27.2. The number of quaternary nitrogens is 1. The second kappa shape index (κ2) is 7.03. The second-order valence-corrected chi connectivity index (χ2v) is 8.98. The standard InChI is InChI=1S/C20H31ClN2/c1-20(2,3)16-7-9-18(10-8-16)22-11-13-23(14-12-22)19-6-4-5-17(21)15-19/h4-6,15-16,18H,7-14H2,1-3H3/p+1. The summed E-state index contributed by atoms with van der Waals surface area (Å²) in [6.45, 7) is 12.1. The van der Waals surface area contributed by atoms with Gasteiger partial charge in [-0.1, -0.05) is 38.4 Å². The van der Waals surface area contributed by atoms with Crippen LogP contribution in [0.25, 0.3) is 0 Å². The van der Waals surface area contributed by atoms with Crippen LogP contribution in [-0.4, -0.2) is 32.2 Å². The van der Waals surface area contributed by atoms with Gasteiger partial charge in [0, 0.05) is 10.7 Å². The van der Waals surface area contributed by atoms with E-state index in [0.29, 0.717) is 5.41 Å². The Bertz CT molecular complexity index is 507. The number of nitrogens with one attached hydrogen (secondary N) is 1. The molecule has 1 aromatic rings. The first-order valence-corrected chi connectivity index (χ1v) is 9.66. The zero-order chi connectivity index (χ0) is 16.4. The van der Waals surface area contributed by atoms with E-state index >= 15 is 0 Å². The fourth-order valence-corrected chi connectivity index (χ4v) is 4.69. The smallest absolute Gasteiger partial charge is 0.0951 e. The quantitative estimate of drug-likeness (QED) is 0.866. The van der Waals surface area contributed by atoms with Crippen molar-refractivity contribution in [2.75, 3.05) is 31.1 Å². The monoisotopic (exact) mass is 335 g/mol. The molecule has 3 rings (SSSR count). The number of anilines is 1. The summed E-state index contributed by atoms with van der Waals surface area (Å²) >= 11 is 6.13. The Labute approximate surface area is 146 Å². The Kier molecular flexibility index (Phi) is 5.22. The van der Waals surface area contributed by atoms with Crippen molar-refractivity contribution >= 4 is 17.3 Å². The van der Waals surface area contributed by atoms with Gasteiger partial charge in [-0.3, -0.25) is 0 Å². The summed E-state index contributed by atoms with van der Waals surface area (Å²) in [7, 11) is 0. The van der Waals surface area contributed by atoms with Crippen LogP contribution in [0.2, 0.25) is 5.02 Å². The van der Waals surface area contributed by atoms with Gasteiger partial charge in [-0.2, -0.15) is 0 Å². The third kappa shape index (κ3) is 4.22. The van der Waals surface area contributed by atoms with E-state index in [0.717, 1.165) is 30.1 Å². The van der Waals surface area contributed by atoms with E-state index in [1.165, 1.54) is 44.5 Å². The Balaban J connectivity index is 1.50. The molecule has 1 aromatic carbocycles. The summed E-state index contributed by atoms with van der Waals surface area (Å²) in [4.78, 5) is 4.34. The molecule has 128 valence electrons. The summed E-state index contributed by atoms with van der Waals surface area (Å²) in [5.74, 6) is 0.922. The number of benzene rings is 1. The molecule has 1 saturated carbocycles. The van der Waals surface area contributed by atoms with Gasteiger partial charge in [-0.25, -0.2) is 0 Å². The molecule has 23 heavy (non-hydrogen) atoms. The number of rotatable bonds is 2. The van der Waals surface area contributed by atoms with Crippen molar-refractivity contribution in [3.05, 3.63) is 29.3 Å². The topological polar surface area (TPSA) is 7.68 Å². The van der Waals surface area contributed by atoms with Crippen molar-refractivity contribution < 1.29 is 4.90 Å². The first kappa shape index (κ1) is 17.1. The summed E-state index contributed by atoms with van der Waals surface area (Å²) in [6, 6.07) is 9.20. The lowest BCUT2D eigenvalue weighted by Gasteiger charge is -2.42. The average molecular weight is 336 g/mol. The van der Waals surface area contributed by atoms with Gasteiger partial charge in [0.25, 0.3) is 0 Å². The van der Waals surface area contributed by atoms with Gasteiger partial charge in [0.2, 0.25) is 0 Å². The van der Waals surface area contributed by atoms with Crippen LogP contribution in [0.4, 0.5) is 5.69 Å². The van der Waals surface area contributed by atoms with Gasteiger partial charge in [0.15, 0.2) is 0 Å². The van der Waals surface area contributed by atoms with Crippen molar-refractivity contribution in [3.8, 4) is 0 Å². The molecule has 0 radical (unpaired) electrons. The maximum Gasteiger partial charge on any atom is 0.0951 e. The van der Waals surface area contributed by atoms with Crippen LogP contribution >= 0.6 is 11.6 Å². The largest absolute Gasteiger partial charge is 0.360 e. The summed E-state index contributed by atoms with van der Waals surface area (Å²) in [5.41, 5.74) is 1.78. The zero-order valence-electron chi connectivity index (χ0n) is 14.9. The van der Waals surface area contributed by atoms with Gasteiger partial charge in [-0.15, -0.1) is 0 Å². The molecular weight excluding hydrogens is 304 g/mol. The van der Waals surface area contributed by atoms with Crippen LogP contribution in [0, 0.1) is 11.3 Å². The highest BCUT2D eigenvalue weighted by Gasteiger charge is 2.35. The average Bonchev–Trinajstić information content (AvgIpc) is 2.54. The molecule has 0 unspecified atom stereocenters. The predicted octanol–water partition coefficient (Wildman–Crippen LogP) is 3.65. The molecule has 2 nitrogen and oxygen atoms in total. The molecule has 2 aliphatic rings. The molecule has 1 N–H and O–H groups in total. The molecule has 2 fully saturated rings. The van der Waals surface area contributed by atoms with Crippen molar-refractivity contribution in [3.63, 3.8) is 0 Å². The van der Waals surface area contributed by atoms with Gasteiger partial charge >= 0.3 is 0 Å². The third-order valence-corrected chi connectivity index (χ3v) is 6.34. The minimum Gasteiger partial charge on any atom is -0.360 e. The van der Waals surface area contributed by atoms with E-state index in [1.54, 1.807) is 0 Å². The maximum atomic E-state index is 6.13. The Hall–Kier alpha value is -0.730. The Morgan fingerprint density at radius 3 is 2.26 bits per heavy atom. The second-order valence-electron chi connectivity index (χ2n) is 8.54. The van der Waals surface area contributed by atoms with E-state index < -0.39 is 0 Å². The minimum atomic E-state index is 0.492. The lowest BCUT2D eigenvalue weighted by atomic mass is 9.71. The fraction of sp³-hybridized carbons (Fsp3) is 0.700. The van der Waals surface area contributed by atoms with Gasteiger partial charge in [0.05, 0.1) is 32.2 Å². The van der Waals surface area contributed by atoms with E-state index in [4.69, 9.17) is 11.6 Å². The number of hydrogen-bond acceptors (Lipinski definition) is 1. The first-order chi connectivity index (χ1) is 10.9. The highest BCUT2D eigenvalue weighted by molar-refractivity contribution is 6.30. The number of hydrogen-bond donors (Lipinski definition) is 1. The Morgan fingerprint density at radius 1 is 1.04 bits per heavy atom. The van der Waals surface area contributed by atoms with Crippen LogP contribution in [0.15, 0.2) is 24.3 Å². The third-order valence-electron chi connectivity index (χ3n) is 6.11. The first-order valence-electron chi connectivity index (χ1n) is 9.28. The zero-order valence-corrected chi connectivity index (χ0v) is 15.7. The molecule has 1 aliphatic carbocycles. The van der Waals surface area contributed by atoms with Crippen LogP contribution < -0.4 is 9.80 Å². The molecule has 3 heteroatoms. The summed E-state index contributed by atoms with van der Waals surface area (Å²) < 4.78 is 0. The van der Waals surface area contributed by atoms with Crippen LogP contribution in [0.1, 0.15) is 46.5 Å². The summed E-state index contributed by atoms with van der Waals surface area (Å²) in [5, 5.41) is 0.845. The fourth-order valence-electron chi connectivity index (χ4n) is 4.50. The van der Waals surface area contributed by atoms with Crippen molar-refractivity contribution in [2.45, 2.75) is 52.5 Å². The van der Waals surface area contributed by atoms with Crippen molar-refractivity contribution in [1.82, 2.24) is 0 Å². The molecule has 0 atom stereocenters. The molecule has 0 aromatic heterocycles. The highest BCUT2D eigenvalue weighted by atomic mass is 35.5. The van der Waals surface area contributed by atoms with Crippen molar-refractivity contribution in [1.29, 1.82) is 0 Å². The van der Waals surface area contributed by atoms with Crippen LogP contribution in [0.5, 0.6) is 0 Å². The van der Waals surface area contributed by atoms with E-state index in [2.05, 4.69) is 43.9 Å². The van der Waals surface area contributed by atoms with Crippen LogP contribution in [0.3, 0.4) is 0 Å². The van der Waals surface area contributed by atoms with Gasteiger partial charge < -0.3 is 9.80 Å². The van der Waals surface area contributed by atoms with E-state index in [1.807, 2.05) is 11.0 Å². The molecule has 1 aliphatic heterocycles. The van der Waals surface area contributed by atoms with Crippen molar-refractivity contribution in [2.24, 2.45) is 11.3 Å². The number of nitrogens with zero attached hydrogens (tertiary/aromatic N) is 1. The van der Waals surface area contributed by atoms with Crippen LogP contribution in [-0.2, 0) is 0 Å². The SMILES string of the molecule is CC(C)(C)C1CCC([NH+]2CCN(c3cccc(Cl)c3)CC2)CC1. The van der Waals surface area contributed by atoms with Gasteiger partial charge in [-0.05, 0) is 55.2 Å². The van der Waals surface area contributed by atoms with E-state index in [-0.39, 0.29) is 0 Å². The molecule has 0 bridgehead atoms. The lowest BCUT2D eigenvalue weighted by Crippen LogP contribution is -3.18. The van der Waals surface area contributed by atoms with Gasteiger partial charge in [0.1, 0.15) is 0 Å². The number of halogens is 1. The molecule has 1 saturated heterocycles. The summed E-state index contributed by atoms with van der Waals surface area (Å²) in [6.07, 6.45) is 5.70. The lowest BCUT2D eigenvalue weighted by molar-refractivity contribution is -0.927. The molecule has 0 spiro atoms. The molecular formula is C20H32ClN2+. The predicted molar refractivity (Wildman–Crippen MR) is 99.6 cm³/mol. The number of piperazine rings is 1.